The molecule has 18 nitrogen and oxygen atoms in total. The summed E-state index contributed by atoms with van der Waals surface area (Å²) in [4.78, 5) is 127. The lowest BCUT2D eigenvalue weighted by Gasteiger charge is -2.74. The third-order valence-corrected chi connectivity index (χ3v) is 18.4. The topological polar surface area (TPSA) is 270 Å². The van der Waals surface area contributed by atoms with Crippen molar-refractivity contribution in [2.45, 2.75) is 152 Å². The van der Waals surface area contributed by atoms with Gasteiger partial charge in [0.25, 0.3) is 0 Å². The molecule has 0 aromatic heterocycles. The van der Waals surface area contributed by atoms with Crippen LogP contribution < -0.4 is 0 Å². The molecule has 3 N–H and O–H groups in total. The third-order valence-electron chi connectivity index (χ3n) is 18.4. The van der Waals surface area contributed by atoms with Gasteiger partial charge < -0.3 is 43.7 Å². The summed E-state index contributed by atoms with van der Waals surface area (Å²) in [5.74, 6) is -15.8. The molecule has 0 heterocycles. The molecule has 6 bridgehead atoms. The van der Waals surface area contributed by atoms with Crippen molar-refractivity contribution < 1.29 is 86.9 Å². The third kappa shape index (κ3) is 7.13. The second-order valence-corrected chi connectivity index (χ2v) is 22.5. The molecule has 0 aromatic rings. The number of aliphatic hydroxyl groups excluding tert-OH is 2. The van der Waals surface area contributed by atoms with E-state index in [4.69, 9.17) is 28.4 Å². The normalized spacial score (nSPS) is 42.1. The number of Topliss-reactive ketones (excluding diaryl/α,β-unsaturated/α-hetero) is 3. The summed E-state index contributed by atoms with van der Waals surface area (Å²) in [6.07, 6.45) is -7.44. The van der Waals surface area contributed by atoms with Crippen LogP contribution in [0.1, 0.15) is 110 Å². The number of esters is 6. The first-order valence-corrected chi connectivity index (χ1v) is 24.0. The molecule has 70 heavy (non-hydrogen) atoms. The van der Waals surface area contributed by atoms with Gasteiger partial charge in [0, 0.05) is 101 Å². The Kier molecular flexibility index (Phi) is 13.0. The Balaban J connectivity index is 1.67. The van der Waals surface area contributed by atoms with Crippen molar-refractivity contribution in [1.29, 1.82) is 0 Å². The summed E-state index contributed by atoms with van der Waals surface area (Å²) in [5.41, 5.74) is -10.6. The second-order valence-electron chi connectivity index (χ2n) is 22.5. The maximum atomic E-state index is 17.0. The lowest BCUT2D eigenvalue weighted by atomic mass is 9.30. The van der Waals surface area contributed by atoms with Crippen molar-refractivity contribution in [2.24, 2.45) is 68.5 Å². The van der Waals surface area contributed by atoms with E-state index in [1.807, 2.05) is 0 Å². The van der Waals surface area contributed by atoms with Gasteiger partial charge in [-0.2, -0.15) is 0 Å². The molecule has 384 valence electrons. The van der Waals surface area contributed by atoms with Gasteiger partial charge >= 0.3 is 35.8 Å². The molecule has 0 spiro atoms. The maximum absolute atomic E-state index is 17.0. The lowest BCUT2D eigenvalue weighted by Crippen LogP contribution is -2.81. The van der Waals surface area contributed by atoms with E-state index in [-0.39, 0.29) is 28.7 Å². The molecular weight excluding hydrogens is 913 g/mol. The molecule has 0 amide bonds. The zero-order chi connectivity index (χ0) is 52.5. The minimum atomic E-state index is -2.39. The Bertz CT molecular complexity index is 2440. The fraction of sp³-hybridized carbons (Fsp3) is 0.712. The molecule has 0 unspecified atom stereocenters. The van der Waals surface area contributed by atoms with Gasteiger partial charge in [-0.15, -0.1) is 0 Å². The fourth-order valence-corrected chi connectivity index (χ4v) is 15.8. The van der Waals surface area contributed by atoms with E-state index >= 15 is 4.79 Å². The molecular formula is C52H68O18. The fourth-order valence-electron chi connectivity index (χ4n) is 15.8. The average molecular weight is 981 g/mol. The van der Waals surface area contributed by atoms with Crippen LogP contribution in [0, 0.1) is 68.5 Å². The van der Waals surface area contributed by atoms with Gasteiger partial charge in [0.15, 0.2) is 29.9 Å². The number of ether oxygens (including phenoxy) is 6. The molecule has 0 aromatic carbocycles. The number of allylic oxidation sites excluding steroid dienone is 3. The Morgan fingerprint density at radius 1 is 0.657 bits per heavy atom. The summed E-state index contributed by atoms with van der Waals surface area (Å²) in [7, 11) is 0. The van der Waals surface area contributed by atoms with E-state index in [0.29, 0.717) is 0 Å². The van der Waals surface area contributed by atoms with Crippen LogP contribution in [0.3, 0.4) is 0 Å². The molecule has 4 saturated carbocycles. The van der Waals surface area contributed by atoms with Gasteiger partial charge in [-0.25, -0.2) is 0 Å². The van der Waals surface area contributed by atoms with Crippen molar-refractivity contribution in [2.75, 3.05) is 13.2 Å². The average Bonchev–Trinajstić information content (AvgIpc) is 3.23. The highest BCUT2D eigenvalue weighted by atomic mass is 16.6. The van der Waals surface area contributed by atoms with Gasteiger partial charge in [-0.05, 0) is 66.2 Å². The highest BCUT2D eigenvalue weighted by Crippen LogP contribution is 2.76. The van der Waals surface area contributed by atoms with Crippen LogP contribution >= 0.6 is 0 Å². The van der Waals surface area contributed by atoms with Crippen LogP contribution in [-0.4, -0.2) is 124 Å². The van der Waals surface area contributed by atoms with E-state index in [9.17, 15) is 53.7 Å². The Labute approximate surface area is 407 Å². The standard InChI is InChI=1S/C52H68O18/c1-21-32(61)17-31-39(65-23(3)55)37-29(19-53)34-30-15-16-51(20-54,38(34)43(63)50(37,14)45(69-27(7)59)40(66-24(4)56)35(21)47(31,9)10)42-46(70-28(8)60)52(64)18-33(62)22(2)36(48(52,11)12)41(67-25(5)57)44(49(30,42)13)68-26(6)58/h15-16,29-31,34,37-42,44-46,53-54,64H,17-20H2,1-14H3/t29-,30+,31+,34-,37+,38+,39-,40-,41-,42+,44+,45+,46+,49-,50+,51+,52-/m1/s1. The van der Waals surface area contributed by atoms with Crippen LogP contribution in [0.5, 0.6) is 0 Å². The first kappa shape index (κ1) is 52.7. The van der Waals surface area contributed by atoms with Crippen molar-refractivity contribution in [3.63, 3.8) is 0 Å². The van der Waals surface area contributed by atoms with E-state index in [1.165, 1.54) is 20.8 Å². The van der Waals surface area contributed by atoms with Crippen molar-refractivity contribution in [1.82, 2.24) is 0 Å². The van der Waals surface area contributed by atoms with Gasteiger partial charge in [0.2, 0.25) is 0 Å². The molecule has 8 aliphatic rings. The van der Waals surface area contributed by atoms with Crippen molar-refractivity contribution in [3.8, 4) is 0 Å². The molecule has 17 atom stereocenters. The van der Waals surface area contributed by atoms with Crippen LogP contribution in [0.25, 0.3) is 0 Å². The van der Waals surface area contributed by atoms with Crippen molar-refractivity contribution in [3.05, 3.63) is 34.4 Å². The molecule has 0 radical (unpaired) electrons. The molecule has 8 aliphatic carbocycles. The van der Waals surface area contributed by atoms with Crippen LogP contribution in [0.15, 0.2) is 34.4 Å². The molecule has 0 aliphatic heterocycles. The first-order chi connectivity index (χ1) is 32.3. The largest absolute Gasteiger partial charge is 0.462 e. The van der Waals surface area contributed by atoms with Gasteiger partial charge in [0.05, 0.1) is 12.0 Å². The van der Waals surface area contributed by atoms with Crippen LogP contribution in [0.2, 0.25) is 0 Å². The number of hydrogen-bond donors (Lipinski definition) is 3. The molecule has 18 heteroatoms. The second kappa shape index (κ2) is 17.3. The lowest BCUT2D eigenvalue weighted by molar-refractivity contribution is -0.300. The smallest absolute Gasteiger partial charge is 0.303 e. The highest BCUT2D eigenvalue weighted by Gasteiger charge is 2.82. The SMILES string of the molecule is CC(=O)O[C@H]1[C@@H]2[C@H](CO)[C@H]3[C@@H](C(=O)[C@@]2(C)[C@@H](OC(C)=O)[C@H](OC(C)=O)C2=C(C)C(=O)C[C@@H]1C2(C)C)[C@@]1(CO)C=C[C@@H]3[C@]2(C)[C@@H]1[C@H](OC(C)=O)[C@]1(O)CC(=O)C(C)=C([C@@H](OC(C)=O)[C@@H]2OC(C)=O)C1(C)C. The number of carbonyl (C=O) groups is 9. The number of hydrogen-bond acceptors (Lipinski definition) is 18. The van der Waals surface area contributed by atoms with E-state index in [2.05, 4.69) is 0 Å². The van der Waals surface area contributed by atoms with E-state index < -0.39 is 184 Å². The maximum Gasteiger partial charge on any atom is 0.303 e. The Hall–Kier alpha value is -5.07. The number of aliphatic hydroxyl groups is 3. The molecule has 4 fully saturated rings. The zero-order valence-corrected chi connectivity index (χ0v) is 42.5. The Morgan fingerprint density at radius 3 is 1.64 bits per heavy atom. The Morgan fingerprint density at radius 2 is 1.14 bits per heavy atom. The number of fused-ring (bicyclic) bond motifs is 5. The number of ketones is 3. The zero-order valence-electron chi connectivity index (χ0n) is 42.5. The summed E-state index contributed by atoms with van der Waals surface area (Å²) in [6, 6.07) is 0. The minimum Gasteiger partial charge on any atom is -0.462 e. The van der Waals surface area contributed by atoms with Gasteiger partial charge in [0.1, 0.15) is 29.7 Å². The predicted molar refractivity (Wildman–Crippen MR) is 242 cm³/mol. The molecule has 0 saturated heterocycles. The van der Waals surface area contributed by atoms with E-state index in [1.54, 1.807) is 46.8 Å². The van der Waals surface area contributed by atoms with Crippen LogP contribution in [-0.2, 0) is 71.6 Å². The van der Waals surface area contributed by atoms with E-state index in [0.717, 1.165) is 41.5 Å². The number of carbonyl (C=O) groups excluding carboxylic acids is 9. The van der Waals surface area contributed by atoms with Crippen LogP contribution in [0.4, 0.5) is 0 Å². The first-order valence-electron chi connectivity index (χ1n) is 24.0. The monoisotopic (exact) mass is 980 g/mol. The highest BCUT2D eigenvalue weighted by molar-refractivity contribution is 5.99. The molecule has 8 rings (SSSR count). The minimum absolute atomic E-state index is 0.0783. The predicted octanol–water partition coefficient (Wildman–Crippen LogP) is 3.43. The summed E-state index contributed by atoms with van der Waals surface area (Å²) in [6.45, 7) is 17.8. The van der Waals surface area contributed by atoms with Gasteiger partial charge in [-0.3, -0.25) is 43.2 Å². The quantitative estimate of drug-likeness (QED) is 0.179. The summed E-state index contributed by atoms with van der Waals surface area (Å²) < 4.78 is 37.6. The number of rotatable bonds is 8. The van der Waals surface area contributed by atoms with Gasteiger partial charge in [-0.1, -0.05) is 46.8 Å². The van der Waals surface area contributed by atoms with Crippen molar-refractivity contribution >= 4 is 53.2 Å². The summed E-state index contributed by atoms with van der Waals surface area (Å²) in [5, 5.41) is 38.2. The summed E-state index contributed by atoms with van der Waals surface area (Å²) >= 11 is 0.